The van der Waals surface area contributed by atoms with E-state index in [0.717, 1.165) is 30.9 Å². The molecule has 5 rings (SSSR count). The molecule has 218 valence electrons. The number of halogens is 2. The molecular weight excluding hydrogens is 524 g/mol. The van der Waals surface area contributed by atoms with Crippen LogP contribution in [-0.4, -0.2) is 44.9 Å². The lowest BCUT2D eigenvalue weighted by molar-refractivity contribution is -0.140. The van der Waals surface area contributed by atoms with Crippen molar-refractivity contribution in [1.29, 1.82) is 0 Å². The number of likely N-dealkylation sites (tertiary alicyclic amines) is 1. The highest BCUT2D eigenvalue weighted by Crippen LogP contribution is 2.35. The van der Waals surface area contributed by atoms with Gasteiger partial charge in [0, 0.05) is 24.8 Å². The molecule has 3 aromatic rings. The third-order valence-corrected chi connectivity index (χ3v) is 8.50. The fourth-order valence-electron chi connectivity index (χ4n) is 6.19. The Morgan fingerprint density at radius 1 is 1.15 bits per heavy atom. The normalized spacial score (nSPS) is 19.6. The van der Waals surface area contributed by atoms with E-state index in [1.54, 1.807) is 17.1 Å². The number of benzene rings is 2. The van der Waals surface area contributed by atoms with Crippen molar-refractivity contribution in [3.05, 3.63) is 83.3 Å². The van der Waals surface area contributed by atoms with Crippen LogP contribution in [0, 0.1) is 11.6 Å². The molecule has 2 heterocycles. The number of rotatable bonds is 9. The van der Waals surface area contributed by atoms with Gasteiger partial charge in [0.15, 0.2) is 5.82 Å². The highest BCUT2D eigenvalue weighted by molar-refractivity contribution is 5.94. The number of hydrogen-bond donors (Lipinski definition) is 2. The predicted octanol–water partition coefficient (Wildman–Crippen LogP) is 5.51. The standard InChI is InChI=1S/C32H39F2N5O2/c1-4-9-27(36-24-14-13-22-16-23(33)17-26(34)25(22)18-24)30(40)37-29-19-38(20-35-29)32(2,3)31(41)39-15-8-12-28(39)21-10-6-5-7-11-21/h5-7,10-11,16-17,19-20,24,27-28,36H,4,8-9,12-15,18H2,1-3H3,(H,37,40)/t24?,27-,28?/m0/s1. The number of amides is 2. The SMILES string of the molecule is CCC[C@H](NC1CCc2cc(F)cc(F)c2C1)C(=O)Nc1cn(C(C)(C)C(=O)N2CCCC2c2ccccc2)cn1. The van der Waals surface area contributed by atoms with Crippen molar-refractivity contribution < 1.29 is 18.4 Å². The average molecular weight is 564 g/mol. The third-order valence-electron chi connectivity index (χ3n) is 8.50. The van der Waals surface area contributed by atoms with E-state index >= 15 is 0 Å². The highest BCUT2D eigenvalue weighted by atomic mass is 19.1. The molecule has 1 aromatic heterocycles. The molecule has 9 heteroatoms. The van der Waals surface area contributed by atoms with Crippen molar-refractivity contribution in [2.24, 2.45) is 0 Å². The van der Waals surface area contributed by atoms with Gasteiger partial charge in [-0.1, -0.05) is 43.7 Å². The summed E-state index contributed by atoms with van der Waals surface area (Å²) in [6.07, 6.45) is 8.20. The van der Waals surface area contributed by atoms with Crippen molar-refractivity contribution in [2.45, 2.75) is 89.4 Å². The van der Waals surface area contributed by atoms with E-state index in [0.29, 0.717) is 49.2 Å². The van der Waals surface area contributed by atoms with Crippen LogP contribution >= 0.6 is 0 Å². The topological polar surface area (TPSA) is 79.3 Å². The maximum atomic E-state index is 14.4. The summed E-state index contributed by atoms with van der Waals surface area (Å²) >= 11 is 0. The lowest BCUT2D eigenvalue weighted by Crippen LogP contribution is -2.48. The number of carbonyl (C=O) groups excluding carboxylic acids is 2. The summed E-state index contributed by atoms with van der Waals surface area (Å²) in [6, 6.07) is 11.9. The number of anilines is 1. The lowest BCUT2D eigenvalue weighted by Gasteiger charge is -2.34. The maximum Gasteiger partial charge on any atom is 0.248 e. The first-order valence-electron chi connectivity index (χ1n) is 14.6. The number of aromatic nitrogens is 2. The summed E-state index contributed by atoms with van der Waals surface area (Å²) in [5, 5.41) is 6.31. The van der Waals surface area contributed by atoms with Gasteiger partial charge in [0.1, 0.15) is 17.2 Å². The fraction of sp³-hybridized carbons (Fsp3) is 0.469. The lowest BCUT2D eigenvalue weighted by atomic mass is 9.87. The van der Waals surface area contributed by atoms with Crippen LogP contribution in [0.2, 0.25) is 0 Å². The highest BCUT2D eigenvalue weighted by Gasteiger charge is 2.39. The van der Waals surface area contributed by atoms with E-state index in [-0.39, 0.29) is 23.9 Å². The summed E-state index contributed by atoms with van der Waals surface area (Å²) in [7, 11) is 0. The zero-order valence-electron chi connectivity index (χ0n) is 24.0. The summed E-state index contributed by atoms with van der Waals surface area (Å²) in [6.45, 7) is 6.45. The second-order valence-electron chi connectivity index (χ2n) is 11.8. The molecule has 2 aromatic carbocycles. The van der Waals surface area contributed by atoms with Gasteiger partial charge in [-0.3, -0.25) is 9.59 Å². The molecule has 2 unspecified atom stereocenters. The maximum absolute atomic E-state index is 14.4. The molecule has 41 heavy (non-hydrogen) atoms. The average Bonchev–Trinajstić information content (AvgIpc) is 3.64. The first-order valence-corrected chi connectivity index (χ1v) is 14.6. The summed E-state index contributed by atoms with van der Waals surface area (Å²) in [5.74, 6) is -0.939. The van der Waals surface area contributed by atoms with E-state index in [1.807, 2.05) is 43.9 Å². The van der Waals surface area contributed by atoms with Crippen molar-refractivity contribution in [3.8, 4) is 0 Å². The minimum Gasteiger partial charge on any atom is -0.334 e. The Morgan fingerprint density at radius 2 is 1.93 bits per heavy atom. The molecule has 2 aliphatic rings. The van der Waals surface area contributed by atoms with E-state index in [4.69, 9.17) is 0 Å². The third kappa shape index (κ3) is 6.20. The zero-order valence-corrected chi connectivity index (χ0v) is 24.0. The molecule has 1 fully saturated rings. The Hall–Kier alpha value is -3.59. The molecule has 0 spiro atoms. The van der Waals surface area contributed by atoms with Crippen LogP contribution in [0.3, 0.4) is 0 Å². The fourth-order valence-corrected chi connectivity index (χ4v) is 6.19. The number of imidazole rings is 1. The molecule has 7 nitrogen and oxygen atoms in total. The van der Waals surface area contributed by atoms with Gasteiger partial charge in [-0.05, 0) is 75.1 Å². The van der Waals surface area contributed by atoms with E-state index < -0.39 is 23.2 Å². The van der Waals surface area contributed by atoms with Gasteiger partial charge in [0.2, 0.25) is 11.8 Å². The van der Waals surface area contributed by atoms with Crippen LogP contribution in [-0.2, 0) is 28.0 Å². The van der Waals surface area contributed by atoms with Gasteiger partial charge in [0.25, 0.3) is 0 Å². The number of fused-ring (bicyclic) bond motifs is 1. The first kappa shape index (κ1) is 28.9. The van der Waals surface area contributed by atoms with Gasteiger partial charge in [-0.2, -0.15) is 0 Å². The number of nitrogens with zero attached hydrogens (tertiary/aromatic N) is 3. The Kier molecular flexibility index (Phi) is 8.54. The Labute approximate surface area is 240 Å². The molecule has 1 aliphatic heterocycles. The molecule has 0 saturated carbocycles. The van der Waals surface area contributed by atoms with Gasteiger partial charge in [-0.15, -0.1) is 0 Å². The molecule has 2 N–H and O–H groups in total. The molecule has 2 amide bonds. The molecular formula is C32H39F2N5O2. The quantitative estimate of drug-likeness (QED) is 0.360. The summed E-state index contributed by atoms with van der Waals surface area (Å²) in [4.78, 5) is 33.4. The molecule has 0 radical (unpaired) electrons. The van der Waals surface area contributed by atoms with Crippen LogP contribution in [0.25, 0.3) is 0 Å². The summed E-state index contributed by atoms with van der Waals surface area (Å²) < 4.78 is 29.8. The zero-order chi connectivity index (χ0) is 29.1. The van der Waals surface area contributed by atoms with E-state index in [9.17, 15) is 18.4 Å². The monoisotopic (exact) mass is 563 g/mol. The van der Waals surface area contributed by atoms with Crippen molar-refractivity contribution in [1.82, 2.24) is 19.8 Å². The van der Waals surface area contributed by atoms with Crippen LogP contribution < -0.4 is 10.6 Å². The minimum absolute atomic E-state index is 0.00866. The second-order valence-corrected chi connectivity index (χ2v) is 11.8. The van der Waals surface area contributed by atoms with Crippen molar-refractivity contribution >= 4 is 17.6 Å². The molecule has 3 atom stereocenters. The Morgan fingerprint density at radius 3 is 2.68 bits per heavy atom. The van der Waals surface area contributed by atoms with Crippen LogP contribution in [0.1, 0.15) is 75.6 Å². The van der Waals surface area contributed by atoms with Crippen molar-refractivity contribution in [2.75, 3.05) is 11.9 Å². The number of nitrogens with one attached hydrogen (secondary N) is 2. The first-order chi connectivity index (χ1) is 19.7. The van der Waals surface area contributed by atoms with Crippen molar-refractivity contribution in [3.63, 3.8) is 0 Å². The predicted molar refractivity (Wildman–Crippen MR) is 154 cm³/mol. The van der Waals surface area contributed by atoms with Crippen LogP contribution in [0.5, 0.6) is 0 Å². The van der Waals surface area contributed by atoms with Gasteiger partial charge < -0.3 is 20.1 Å². The smallest absolute Gasteiger partial charge is 0.248 e. The van der Waals surface area contributed by atoms with Crippen LogP contribution in [0.15, 0.2) is 55.0 Å². The number of aryl methyl sites for hydroxylation is 1. The van der Waals surface area contributed by atoms with Gasteiger partial charge in [0.05, 0.1) is 18.4 Å². The molecule has 1 saturated heterocycles. The molecule has 1 aliphatic carbocycles. The largest absolute Gasteiger partial charge is 0.334 e. The van der Waals surface area contributed by atoms with E-state index in [2.05, 4.69) is 27.8 Å². The Balaban J connectivity index is 1.24. The minimum atomic E-state index is -0.895. The number of carbonyl (C=O) groups is 2. The second kappa shape index (κ2) is 12.1. The van der Waals surface area contributed by atoms with Gasteiger partial charge >= 0.3 is 0 Å². The van der Waals surface area contributed by atoms with Gasteiger partial charge in [-0.25, -0.2) is 13.8 Å². The number of hydrogen-bond acceptors (Lipinski definition) is 4. The summed E-state index contributed by atoms with van der Waals surface area (Å²) in [5.41, 5.74) is 1.46. The van der Waals surface area contributed by atoms with E-state index in [1.165, 1.54) is 6.07 Å². The Bertz CT molecular complexity index is 1390. The van der Waals surface area contributed by atoms with Crippen LogP contribution in [0.4, 0.5) is 14.6 Å². The molecule has 0 bridgehead atoms.